The van der Waals surface area contributed by atoms with E-state index in [4.69, 9.17) is 4.74 Å². The maximum atomic E-state index is 12.1. The van der Waals surface area contributed by atoms with E-state index in [1.165, 1.54) is 18.5 Å². The summed E-state index contributed by atoms with van der Waals surface area (Å²) in [6, 6.07) is 18.6. The molecule has 27 heavy (non-hydrogen) atoms. The molecule has 1 saturated carbocycles. The van der Waals surface area contributed by atoms with Gasteiger partial charge in [-0.05, 0) is 49.2 Å². The number of para-hydroxylation sites is 1. The second-order valence-corrected chi connectivity index (χ2v) is 7.26. The zero-order chi connectivity index (χ0) is 18.5. The van der Waals surface area contributed by atoms with Gasteiger partial charge in [-0.15, -0.1) is 0 Å². The first kappa shape index (κ1) is 17.9. The Kier molecular flexibility index (Phi) is 5.58. The highest BCUT2D eigenvalue weighted by Crippen LogP contribution is 2.28. The molecule has 5 heteroatoms. The van der Waals surface area contributed by atoms with Crippen molar-refractivity contribution in [2.24, 2.45) is 0 Å². The number of nitrogens with zero attached hydrogens (tertiary/aromatic N) is 2. The van der Waals surface area contributed by atoms with Gasteiger partial charge in [0.2, 0.25) is 5.91 Å². The molecule has 1 N–H and O–H groups in total. The molecule has 0 radical (unpaired) electrons. The molecule has 2 aliphatic rings. The van der Waals surface area contributed by atoms with E-state index in [1.54, 1.807) is 0 Å². The molecule has 1 amide bonds. The number of hydrogen-bond donors (Lipinski definition) is 1. The number of carbonyl (C=O) groups is 1. The third kappa shape index (κ3) is 5.01. The molecule has 0 bridgehead atoms. The van der Waals surface area contributed by atoms with Crippen LogP contribution < -0.4 is 15.0 Å². The van der Waals surface area contributed by atoms with Gasteiger partial charge in [0.1, 0.15) is 5.75 Å². The minimum atomic E-state index is -0.0308. The molecule has 4 rings (SSSR count). The highest BCUT2D eigenvalue weighted by atomic mass is 16.5. The van der Waals surface area contributed by atoms with E-state index >= 15 is 0 Å². The Balaban J connectivity index is 1.21. The van der Waals surface area contributed by atoms with Crippen LogP contribution in [0.5, 0.6) is 5.75 Å². The van der Waals surface area contributed by atoms with Crippen molar-refractivity contribution in [3.63, 3.8) is 0 Å². The van der Waals surface area contributed by atoms with Crippen molar-refractivity contribution in [1.82, 2.24) is 4.90 Å². The third-order valence-electron chi connectivity index (χ3n) is 5.23. The lowest BCUT2D eigenvalue weighted by Gasteiger charge is -2.36. The van der Waals surface area contributed by atoms with E-state index in [2.05, 4.69) is 27.2 Å². The molecule has 2 aromatic carbocycles. The summed E-state index contributed by atoms with van der Waals surface area (Å²) >= 11 is 0. The molecule has 1 saturated heterocycles. The molecular formula is C22H27N3O2. The zero-order valence-corrected chi connectivity index (χ0v) is 15.6. The Morgan fingerprint density at radius 2 is 1.67 bits per heavy atom. The second kappa shape index (κ2) is 8.44. The first-order valence-corrected chi connectivity index (χ1v) is 9.85. The molecule has 1 heterocycles. The van der Waals surface area contributed by atoms with Gasteiger partial charge in [-0.25, -0.2) is 0 Å². The van der Waals surface area contributed by atoms with Gasteiger partial charge >= 0.3 is 0 Å². The highest BCUT2D eigenvalue weighted by Gasteiger charge is 2.31. The Labute approximate surface area is 160 Å². The van der Waals surface area contributed by atoms with Crippen LogP contribution >= 0.6 is 0 Å². The van der Waals surface area contributed by atoms with E-state index < -0.39 is 0 Å². The van der Waals surface area contributed by atoms with Crippen LogP contribution in [0.3, 0.4) is 0 Å². The standard InChI is InChI=1S/C22H27N3O2/c26-22(12-17-27-21-4-2-1-3-5-21)23-18-6-8-19(9-7-18)24-13-15-25(16-14-24)20-10-11-20/h1-9,20H,10-17H2,(H,23,26). The van der Waals surface area contributed by atoms with Crippen LogP contribution in [0.25, 0.3) is 0 Å². The summed E-state index contributed by atoms with van der Waals surface area (Å²) in [6.07, 6.45) is 3.09. The van der Waals surface area contributed by atoms with Gasteiger partial charge in [0.05, 0.1) is 13.0 Å². The molecule has 5 nitrogen and oxygen atoms in total. The van der Waals surface area contributed by atoms with Crippen molar-refractivity contribution in [2.45, 2.75) is 25.3 Å². The van der Waals surface area contributed by atoms with Crippen LogP contribution in [0.1, 0.15) is 19.3 Å². The summed E-state index contributed by atoms with van der Waals surface area (Å²) in [7, 11) is 0. The topological polar surface area (TPSA) is 44.8 Å². The lowest BCUT2D eigenvalue weighted by Crippen LogP contribution is -2.47. The monoisotopic (exact) mass is 365 g/mol. The molecule has 0 atom stereocenters. The van der Waals surface area contributed by atoms with Crippen molar-refractivity contribution in [1.29, 1.82) is 0 Å². The van der Waals surface area contributed by atoms with Crippen molar-refractivity contribution in [2.75, 3.05) is 43.0 Å². The van der Waals surface area contributed by atoms with Gasteiger partial charge in [-0.2, -0.15) is 0 Å². The average molecular weight is 365 g/mol. The maximum absolute atomic E-state index is 12.1. The van der Waals surface area contributed by atoms with E-state index in [9.17, 15) is 4.79 Å². The number of carbonyl (C=O) groups excluding carboxylic acids is 1. The molecule has 142 valence electrons. The van der Waals surface area contributed by atoms with Crippen LogP contribution in [0, 0.1) is 0 Å². The molecule has 0 spiro atoms. The van der Waals surface area contributed by atoms with Gasteiger partial charge in [-0.3, -0.25) is 9.69 Å². The summed E-state index contributed by atoms with van der Waals surface area (Å²) in [6.45, 7) is 4.85. The van der Waals surface area contributed by atoms with Crippen LogP contribution in [0.2, 0.25) is 0 Å². The number of nitrogens with one attached hydrogen (secondary N) is 1. The van der Waals surface area contributed by atoms with Crippen LogP contribution in [-0.4, -0.2) is 49.6 Å². The zero-order valence-electron chi connectivity index (χ0n) is 15.6. The minimum Gasteiger partial charge on any atom is -0.493 e. The fourth-order valence-electron chi connectivity index (χ4n) is 3.54. The molecule has 1 aliphatic heterocycles. The van der Waals surface area contributed by atoms with E-state index in [0.717, 1.165) is 43.7 Å². The first-order chi connectivity index (χ1) is 13.3. The van der Waals surface area contributed by atoms with Gasteiger partial charge in [-0.1, -0.05) is 18.2 Å². The molecule has 2 aromatic rings. The number of rotatable bonds is 7. The molecular weight excluding hydrogens is 338 g/mol. The number of ether oxygens (including phenoxy) is 1. The summed E-state index contributed by atoms with van der Waals surface area (Å²) in [5.74, 6) is 0.758. The largest absolute Gasteiger partial charge is 0.493 e. The van der Waals surface area contributed by atoms with Crippen LogP contribution in [-0.2, 0) is 4.79 Å². The lowest BCUT2D eigenvalue weighted by molar-refractivity contribution is -0.116. The Morgan fingerprint density at radius 3 is 2.33 bits per heavy atom. The van der Waals surface area contributed by atoms with Gasteiger partial charge < -0.3 is 15.0 Å². The molecule has 1 aliphatic carbocycles. The quantitative estimate of drug-likeness (QED) is 0.817. The van der Waals surface area contributed by atoms with E-state index in [0.29, 0.717) is 13.0 Å². The Morgan fingerprint density at radius 1 is 0.963 bits per heavy atom. The van der Waals surface area contributed by atoms with Crippen molar-refractivity contribution in [3.05, 3.63) is 54.6 Å². The normalized spacial score (nSPS) is 17.6. The number of hydrogen-bond acceptors (Lipinski definition) is 4. The molecule has 0 aromatic heterocycles. The SMILES string of the molecule is O=C(CCOc1ccccc1)Nc1ccc(N2CCN(C3CC3)CC2)cc1. The third-order valence-corrected chi connectivity index (χ3v) is 5.23. The summed E-state index contributed by atoms with van der Waals surface area (Å²) in [5, 5.41) is 2.94. The second-order valence-electron chi connectivity index (χ2n) is 7.26. The highest BCUT2D eigenvalue weighted by molar-refractivity contribution is 5.90. The van der Waals surface area contributed by atoms with E-state index in [1.807, 2.05) is 42.5 Å². The number of anilines is 2. The number of benzene rings is 2. The van der Waals surface area contributed by atoms with Crippen molar-refractivity contribution < 1.29 is 9.53 Å². The lowest BCUT2D eigenvalue weighted by atomic mass is 10.2. The van der Waals surface area contributed by atoms with Gasteiger partial charge in [0.25, 0.3) is 0 Å². The predicted octanol–water partition coefficient (Wildman–Crippen LogP) is 3.38. The number of piperazine rings is 1. The Bertz CT molecular complexity index is 736. The first-order valence-electron chi connectivity index (χ1n) is 9.85. The fraction of sp³-hybridized carbons (Fsp3) is 0.409. The maximum Gasteiger partial charge on any atom is 0.227 e. The smallest absolute Gasteiger partial charge is 0.227 e. The summed E-state index contributed by atoms with van der Waals surface area (Å²) < 4.78 is 5.57. The average Bonchev–Trinajstić information content (AvgIpc) is 3.55. The summed E-state index contributed by atoms with van der Waals surface area (Å²) in [4.78, 5) is 17.1. The molecule has 2 fully saturated rings. The molecule has 0 unspecified atom stereocenters. The Hall–Kier alpha value is -2.53. The number of amides is 1. The van der Waals surface area contributed by atoms with Crippen LogP contribution in [0.15, 0.2) is 54.6 Å². The predicted molar refractivity (Wildman–Crippen MR) is 108 cm³/mol. The van der Waals surface area contributed by atoms with Gasteiger partial charge in [0.15, 0.2) is 0 Å². The van der Waals surface area contributed by atoms with E-state index in [-0.39, 0.29) is 5.91 Å². The fourth-order valence-corrected chi connectivity index (χ4v) is 3.54. The minimum absolute atomic E-state index is 0.0308. The van der Waals surface area contributed by atoms with Crippen molar-refractivity contribution >= 4 is 17.3 Å². The van der Waals surface area contributed by atoms with Crippen molar-refractivity contribution in [3.8, 4) is 5.75 Å². The summed E-state index contributed by atoms with van der Waals surface area (Å²) in [5.41, 5.74) is 2.07. The van der Waals surface area contributed by atoms with Gasteiger partial charge in [0, 0.05) is 43.6 Å². The van der Waals surface area contributed by atoms with Crippen LogP contribution in [0.4, 0.5) is 11.4 Å².